The van der Waals surface area contributed by atoms with Crippen LogP contribution < -0.4 is 5.32 Å². The molecule has 0 radical (unpaired) electrons. The summed E-state index contributed by atoms with van der Waals surface area (Å²) in [7, 11) is 0. The minimum absolute atomic E-state index is 0.0350. The van der Waals surface area contributed by atoms with Crippen molar-refractivity contribution in [1.82, 2.24) is 5.32 Å². The van der Waals surface area contributed by atoms with E-state index in [4.69, 9.17) is 11.6 Å². The molecule has 2 N–H and O–H groups in total. The zero-order chi connectivity index (χ0) is 14.4. The maximum Gasteiger partial charge on any atom is 0.224 e. The number of nitrogens with one attached hydrogen (secondary N) is 1. The van der Waals surface area contributed by atoms with Crippen LogP contribution in [0.25, 0.3) is 0 Å². The highest BCUT2D eigenvalue weighted by molar-refractivity contribution is 6.30. The van der Waals surface area contributed by atoms with Gasteiger partial charge in [0.15, 0.2) is 0 Å². The monoisotopic (exact) mass is 293 g/mol. The van der Waals surface area contributed by atoms with Crippen LogP contribution in [0.4, 0.5) is 0 Å². The number of aliphatic hydroxyl groups is 1. The van der Waals surface area contributed by atoms with Gasteiger partial charge < -0.3 is 10.4 Å². The molecule has 0 aliphatic heterocycles. The number of benzene rings is 1. The molecule has 1 amide bonds. The van der Waals surface area contributed by atoms with Gasteiger partial charge in [-0.25, -0.2) is 0 Å². The van der Waals surface area contributed by atoms with Crippen LogP contribution in [0.2, 0.25) is 5.02 Å². The van der Waals surface area contributed by atoms with Crippen molar-refractivity contribution in [2.24, 2.45) is 0 Å². The lowest BCUT2D eigenvalue weighted by Crippen LogP contribution is -2.31. The molecule has 20 heavy (non-hydrogen) atoms. The molecular formula is C16H20ClNO2. The molecule has 0 fully saturated rings. The molecule has 4 heteroatoms. The maximum absolute atomic E-state index is 12.0. The van der Waals surface area contributed by atoms with E-state index in [2.05, 4.69) is 11.4 Å². The van der Waals surface area contributed by atoms with Crippen molar-refractivity contribution in [2.45, 2.75) is 38.1 Å². The SMILES string of the molecule is O=C(CC1=CCCCC1)NC(CO)c1ccc(Cl)cc1. The van der Waals surface area contributed by atoms with E-state index in [-0.39, 0.29) is 18.6 Å². The number of allylic oxidation sites excluding steroid dienone is 1. The van der Waals surface area contributed by atoms with Gasteiger partial charge in [0.2, 0.25) is 5.91 Å². The zero-order valence-electron chi connectivity index (χ0n) is 11.4. The van der Waals surface area contributed by atoms with Gasteiger partial charge in [-0.3, -0.25) is 4.79 Å². The first-order valence-corrected chi connectivity index (χ1v) is 7.40. The zero-order valence-corrected chi connectivity index (χ0v) is 12.2. The van der Waals surface area contributed by atoms with E-state index in [1.54, 1.807) is 12.1 Å². The Morgan fingerprint density at radius 1 is 1.30 bits per heavy atom. The molecule has 0 bridgehead atoms. The summed E-state index contributed by atoms with van der Waals surface area (Å²) in [5.74, 6) is -0.0350. The third-order valence-electron chi connectivity index (χ3n) is 3.56. The van der Waals surface area contributed by atoms with Gasteiger partial charge in [-0.1, -0.05) is 35.4 Å². The molecule has 2 rings (SSSR count). The minimum Gasteiger partial charge on any atom is -0.394 e. The van der Waals surface area contributed by atoms with Crippen molar-refractivity contribution in [2.75, 3.05) is 6.61 Å². The second-order valence-electron chi connectivity index (χ2n) is 5.14. The lowest BCUT2D eigenvalue weighted by Gasteiger charge is -2.18. The summed E-state index contributed by atoms with van der Waals surface area (Å²) in [6.07, 6.45) is 7.07. The Hall–Kier alpha value is -1.32. The van der Waals surface area contributed by atoms with E-state index in [0.29, 0.717) is 11.4 Å². The molecule has 0 spiro atoms. The number of amides is 1. The lowest BCUT2D eigenvalue weighted by atomic mass is 9.97. The molecule has 1 unspecified atom stereocenters. The largest absolute Gasteiger partial charge is 0.394 e. The molecule has 0 aromatic heterocycles. The number of rotatable bonds is 5. The standard InChI is InChI=1S/C16H20ClNO2/c17-14-8-6-13(7-9-14)15(11-19)18-16(20)10-12-4-2-1-3-5-12/h4,6-9,15,19H,1-3,5,10-11H2,(H,18,20). The Morgan fingerprint density at radius 2 is 2.05 bits per heavy atom. The van der Waals surface area contributed by atoms with E-state index < -0.39 is 0 Å². The van der Waals surface area contributed by atoms with Gasteiger partial charge in [0, 0.05) is 11.4 Å². The van der Waals surface area contributed by atoms with Crippen LogP contribution >= 0.6 is 11.6 Å². The lowest BCUT2D eigenvalue weighted by molar-refractivity contribution is -0.121. The molecule has 1 aromatic carbocycles. The van der Waals surface area contributed by atoms with Crippen LogP contribution in [0, 0.1) is 0 Å². The predicted molar refractivity (Wildman–Crippen MR) is 80.6 cm³/mol. The highest BCUT2D eigenvalue weighted by Crippen LogP contribution is 2.21. The maximum atomic E-state index is 12.0. The minimum atomic E-state index is -0.371. The van der Waals surface area contributed by atoms with Gasteiger partial charge in [-0.05, 0) is 43.4 Å². The highest BCUT2D eigenvalue weighted by Gasteiger charge is 2.15. The average molecular weight is 294 g/mol. The number of hydrogen-bond donors (Lipinski definition) is 2. The van der Waals surface area contributed by atoms with Crippen molar-refractivity contribution < 1.29 is 9.90 Å². The van der Waals surface area contributed by atoms with Crippen LogP contribution in [0.3, 0.4) is 0 Å². The number of aliphatic hydroxyl groups excluding tert-OH is 1. The normalized spacial score (nSPS) is 16.4. The van der Waals surface area contributed by atoms with Crippen molar-refractivity contribution in [3.63, 3.8) is 0 Å². The second kappa shape index (κ2) is 7.46. The van der Waals surface area contributed by atoms with Gasteiger partial charge in [-0.2, -0.15) is 0 Å². The molecule has 1 aliphatic rings. The summed E-state index contributed by atoms with van der Waals surface area (Å²) in [4.78, 5) is 12.0. The number of carbonyl (C=O) groups excluding carboxylic acids is 1. The van der Waals surface area contributed by atoms with Crippen LogP contribution in [0.5, 0.6) is 0 Å². The Morgan fingerprint density at radius 3 is 2.65 bits per heavy atom. The highest BCUT2D eigenvalue weighted by atomic mass is 35.5. The first kappa shape index (κ1) is 15.1. The van der Waals surface area contributed by atoms with E-state index in [0.717, 1.165) is 18.4 Å². The number of carbonyl (C=O) groups is 1. The van der Waals surface area contributed by atoms with Crippen LogP contribution in [0.15, 0.2) is 35.9 Å². The molecule has 1 aliphatic carbocycles. The number of halogens is 1. The molecule has 0 heterocycles. The van der Waals surface area contributed by atoms with E-state index in [9.17, 15) is 9.90 Å². The Labute approximate surface area is 124 Å². The molecular weight excluding hydrogens is 274 g/mol. The summed E-state index contributed by atoms with van der Waals surface area (Å²) in [5, 5.41) is 13.0. The van der Waals surface area contributed by atoms with Crippen molar-refractivity contribution in [1.29, 1.82) is 0 Å². The quantitative estimate of drug-likeness (QED) is 0.818. The molecule has 0 saturated carbocycles. The van der Waals surface area contributed by atoms with Crippen LogP contribution in [-0.4, -0.2) is 17.6 Å². The fourth-order valence-corrected chi connectivity index (χ4v) is 2.57. The fraction of sp³-hybridized carbons (Fsp3) is 0.438. The van der Waals surface area contributed by atoms with Crippen molar-refractivity contribution in [3.8, 4) is 0 Å². The smallest absolute Gasteiger partial charge is 0.224 e. The second-order valence-corrected chi connectivity index (χ2v) is 5.58. The molecule has 3 nitrogen and oxygen atoms in total. The molecule has 1 atom stereocenters. The summed E-state index contributed by atoms with van der Waals surface area (Å²) >= 11 is 5.84. The molecule has 1 aromatic rings. The predicted octanol–water partition coefficient (Wildman–Crippen LogP) is 3.38. The van der Waals surface area contributed by atoms with Crippen molar-refractivity contribution in [3.05, 3.63) is 46.5 Å². The van der Waals surface area contributed by atoms with E-state index in [1.165, 1.54) is 18.4 Å². The topological polar surface area (TPSA) is 49.3 Å². The number of hydrogen-bond acceptors (Lipinski definition) is 2. The first-order chi connectivity index (χ1) is 9.69. The van der Waals surface area contributed by atoms with Gasteiger partial charge in [0.1, 0.15) is 0 Å². The summed E-state index contributed by atoms with van der Waals surface area (Å²) in [6.45, 7) is -0.119. The van der Waals surface area contributed by atoms with Gasteiger partial charge >= 0.3 is 0 Å². The summed E-state index contributed by atoms with van der Waals surface area (Å²) < 4.78 is 0. The fourth-order valence-electron chi connectivity index (χ4n) is 2.45. The summed E-state index contributed by atoms with van der Waals surface area (Å²) in [5.41, 5.74) is 2.07. The average Bonchev–Trinajstić information content (AvgIpc) is 2.47. The van der Waals surface area contributed by atoms with E-state index >= 15 is 0 Å². The van der Waals surface area contributed by atoms with E-state index in [1.807, 2.05) is 12.1 Å². The Balaban J connectivity index is 1.93. The molecule has 108 valence electrons. The summed E-state index contributed by atoms with van der Waals surface area (Å²) in [6, 6.07) is 6.79. The Kier molecular flexibility index (Phi) is 5.62. The van der Waals surface area contributed by atoms with Gasteiger partial charge in [-0.15, -0.1) is 0 Å². The third kappa shape index (κ3) is 4.36. The van der Waals surface area contributed by atoms with Crippen LogP contribution in [-0.2, 0) is 4.79 Å². The Bertz CT molecular complexity index is 482. The molecule has 0 saturated heterocycles. The van der Waals surface area contributed by atoms with Crippen LogP contribution in [0.1, 0.15) is 43.7 Å². The first-order valence-electron chi connectivity index (χ1n) is 7.02. The van der Waals surface area contributed by atoms with Gasteiger partial charge in [0.25, 0.3) is 0 Å². The van der Waals surface area contributed by atoms with Crippen molar-refractivity contribution >= 4 is 17.5 Å². The third-order valence-corrected chi connectivity index (χ3v) is 3.81. The van der Waals surface area contributed by atoms with Gasteiger partial charge in [0.05, 0.1) is 12.6 Å².